The highest BCUT2D eigenvalue weighted by Gasteiger charge is 1.98. The van der Waals surface area contributed by atoms with E-state index in [2.05, 4.69) is 20.4 Å². The predicted molar refractivity (Wildman–Crippen MR) is 49.5 cm³/mol. The van der Waals surface area contributed by atoms with Crippen LogP contribution >= 0.6 is 0 Å². The lowest BCUT2D eigenvalue weighted by Gasteiger charge is -1.98. The molecule has 12 heavy (non-hydrogen) atoms. The van der Waals surface area contributed by atoms with E-state index >= 15 is 0 Å². The normalized spacial score (nSPS) is 10.7. The van der Waals surface area contributed by atoms with Crippen LogP contribution in [0, 0.1) is 5.92 Å². The molecule has 0 radical (unpaired) electrons. The molecule has 0 bridgehead atoms. The zero-order chi connectivity index (χ0) is 9.56. The van der Waals surface area contributed by atoms with Crippen LogP contribution in [-0.4, -0.2) is 5.97 Å². The van der Waals surface area contributed by atoms with Gasteiger partial charge in [0.05, 0.1) is 6.26 Å². The van der Waals surface area contributed by atoms with E-state index in [4.69, 9.17) is 4.74 Å². The van der Waals surface area contributed by atoms with Crippen LogP contribution in [0.1, 0.15) is 27.2 Å². The maximum absolute atomic E-state index is 10.8. The van der Waals surface area contributed by atoms with Crippen LogP contribution < -0.4 is 0 Å². The lowest BCUT2D eigenvalue weighted by atomic mass is 10.1. The Bertz CT molecular complexity index is 190. The molecule has 0 aliphatic rings. The van der Waals surface area contributed by atoms with Crippen LogP contribution in [0.25, 0.3) is 0 Å². The second kappa shape index (κ2) is 5.58. The summed E-state index contributed by atoms with van der Waals surface area (Å²) in [6, 6.07) is 0. The molecule has 0 saturated carbocycles. The topological polar surface area (TPSA) is 26.3 Å². The average molecular weight is 168 g/mol. The van der Waals surface area contributed by atoms with Crippen molar-refractivity contribution in [2.45, 2.75) is 27.2 Å². The minimum atomic E-state index is -0.366. The molecule has 2 heteroatoms. The summed E-state index contributed by atoms with van der Waals surface area (Å²) in [4.78, 5) is 10.8. The molecule has 0 N–H and O–H groups in total. The number of hydrogen-bond donors (Lipinski definition) is 0. The minimum absolute atomic E-state index is 0.366. The van der Waals surface area contributed by atoms with E-state index in [9.17, 15) is 4.79 Å². The van der Waals surface area contributed by atoms with Gasteiger partial charge < -0.3 is 4.74 Å². The largest absolute Gasteiger partial charge is 0.431 e. The fraction of sp³-hybridized carbons (Fsp3) is 0.500. The Morgan fingerprint density at radius 2 is 2.17 bits per heavy atom. The van der Waals surface area contributed by atoms with Crippen molar-refractivity contribution in [1.82, 2.24) is 0 Å². The first kappa shape index (κ1) is 11.0. The average Bonchev–Trinajstić information content (AvgIpc) is 1.97. The van der Waals surface area contributed by atoms with Gasteiger partial charge in [-0.05, 0) is 25.3 Å². The standard InChI is InChI=1S/C10H16O2/c1-8(2)6-5-7-12-10(11)9(3)4/h5,7-8H,3,6H2,1-2,4H3. The molecule has 0 atom stereocenters. The highest BCUT2D eigenvalue weighted by molar-refractivity contribution is 5.87. The van der Waals surface area contributed by atoms with Gasteiger partial charge in [0.2, 0.25) is 0 Å². The summed E-state index contributed by atoms with van der Waals surface area (Å²) < 4.78 is 4.73. The van der Waals surface area contributed by atoms with Gasteiger partial charge in [0.1, 0.15) is 0 Å². The Balaban J connectivity index is 3.61. The molecule has 0 amide bonds. The molecule has 0 aliphatic heterocycles. The fourth-order valence-corrected chi connectivity index (χ4v) is 0.538. The molecule has 0 aromatic carbocycles. The number of ether oxygens (including phenoxy) is 1. The van der Waals surface area contributed by atoms with E-state index in [1.54, 1.807) is 6.92 Å². The lowest BCUT2D eigenvalue weighted by Crippen LogP contribution is -1.99. The number of rotatable bonds is 4. The number of hydrogen-bond acceptors (Lipinski definition) is 2. The van der Waals surface area contributed by atoms with Crippen LogP contribution in [-0.2, 0) is 9.53 Å². The summed E-state index contributed by atoms with van der Waals surface area (Å²) in [5, 5.41) is 0. The Morgan fingerprint density at radius 1 is 1.58 bits per heavy atom. The minimum Gasteiger partial charge on any atom is -0.431 e. The van der Waals surface area contributed by atoms with E-state index in [1.807, 2.05) is 6.08 Å². The summed E-state index contributed by atoms with van der Waals surface area (Å²) in [6.07, 6.45) is 4.19. The Kier molecular flexibility index (Phi) is 5.09. The Hall–Kier alpha value is -1.05. The Labute approximate surface area is 73.9 Å². The van der Waals surface area contributed by atoms with Gasteiger partial charge in [-0.3, -0.25) is 0 Å². The molecule has 0 unspecified atom stereocenters. The van der Waals surface area contributed by atoms with Gasteiger partial charge in [-0.15, -0.1) is 0 Å². The lowest BCUT2D eigenvalue weighted by molar-refractivity contribution is -0.133. The summed E-state index contributed by atoms with van der Waals surface area (Å²) in [6.45, 7) is 9.29. The molecule has 68 valence electrons. The first-order valence-corrected chi connectivity index (χ1v) is 4.05. The van der Waals surface area contributed by atoms with Gasteiger partial charge in [-0.1, -0.05) is 20.4 Å². The zero-order valence-electron chi connectivity index (χ0n) is 7.96. The molecular weight excluding hydrogens is 152 g/mol. The molecule has 0 aromatic heterocycles. The number of carbonyl (C=O) groups is 1. The van der Waals surface area contributed by atoms with Crippen molar-refractivity contribution in [3.05, 3.63) is 24.5 Å². The first-order valence-electron chi connectivity index (χ1n) is 4.05. The van der Waals surface area contributed by atoms with Crippen molar-refractivity contribution in [2.75, 3.05) is 0 Å². The molecule has 0 spiro atoms. The third-order valence-corrected chi connectivity index (χ3v) is 1.23. The molecule has 0 heterocycles. The van der Waals surface area contributed by atoms with Crippen LogP contribution in [0.2, 0.25) is 0 Å². The van der Waals surface area contributed by atoms with Crippen LogP contribution in [0.3, 0.4) is 0 Å². The van der Waals surface area contributed by atoms with Gasteiger partial charge in [0.15, 0.2) is 0 Å². The van der Waals surface area contributed by atoms with Gasteiger partial charge in [0, 0.05) is 5.57 Å². The molecule has 0 saturated heterocycles. The van der Waals surface area contributed by atoms with E-state index in [1.165, 1.54) is 6.26 Å². The monoisotopic (exact) mass is 168 g/mol. The van der Waals surface area contributed by atoms with Gasteiger partial charge in [0.25, 0.3) is 0 Å². The summed E-state index contributed by atoms with van der Waals surface area (Å²) >= 11 is 0. The number of esters is 1. The van der Waals surface area contributed by atoms with E-state index < -0.39 is 0 Å². The second-order valence-corrected chi connectivity index (χ2v) is 3.19. The molecular formula is C10H16O2. The van der Waals surface area contributed by atoms with Crippen molar-refractivity contribution >= 4 is 5.97 Å². The van der Waals surface area contributed by atoms with Crippen molar-refractivity contribution in [2.24, 2.45) is 5.92 Å². The number of allylic oxidation sites excluding steroid dienone is 1. The summed E-state index contributed by atoms with van der Waals surface area (Å²) in [5.74, 6) is 0.222. The quantitative estimate of drug-likeness (QED) is 0.366. The summed E-state index contributed by atoms with van der Waals surface area (Å²) in [5.41, 5.74) is 0.421. The highest BCUT2D eigenvalue weighted by Crippen LogP contribution is 2.00. The van der Waals surface area contributed by atoms with E-state index in [-0.39, 0.29) is 5.97 Å². The Morgan fingerprint density at radius 3 is 2.58 bits per heavy atom. The molecule has 0 aliphatic carbocycles. The van der Waals surface area contributed by atoms with Crippen molar-refractivity contribution in [1.29, 1.82) is 0 Å². The van der Waals surface area contributed by atoms with Crippen molar-refractivity contribution in [3.63, 3.8) is 0 Å². The van der Waals surface area contributed by atoms with Crippen molar-refractivity contribution < 1.29 is 9.53 Å². The van der Waals surface area contributed by atoms with Crippen LogP contribution in [0.15, 0.2) is 24.5 Å². The third-order valence-electron chi connectivity index (χ3n) is 1.23. The summed E-state index contributed by atoms with van der Waals surface area (Å²) in [7, 11) is 0. The van der Waals surface area contributed by atoms with Crippen LogP contribution in [0.5, 0.6) is 0 Å². The van der Waals surface area contributed by atoms with Crippen LogP contribution in [0.4, 0.5) is 0 Å². The fourth-order valence-electron chi connectivity index (χ4n) is 0.538. The second-order valence-electron chi connectivity index (χ2n) is 3.19. The molecule has 0 fully saturated rings. The van der Waals surface area contributed by atoms with Crippen molar-refractivity contribution in [3.8, 4) is 0 Å². The molecule has 0 aromatic rings. The maximum atomic E-state index is 10.8. The zero-order valence-corrected chi connectivity index (χ0v) is 7.96. The van der Waals surface area contributed by atoms with E-state index in [0.29, 0.717) is 11.5 Å². The third kappa shape index (κ3) is 5.71. The van der Waals surface area contributed by atoms with Gasteiger partial charge in [-0.25, -0.2) is 4.79 Å². The smallest absolute Gasteiger partial charge is 0.337 e. The van der Waals surface area contributed by atoms with Gasteiger partial charge in [-0.2, -0.15) is 0 Å². The maximum Gasteiger partial charge on any atom is 0.337 e. The number of carbonyl (C=O) groups excluding carboxylic acids is 1. The molecule has 2 nitrogen and oxygen atoms in total. The van der Waals surface area contributed by atoms with E-state index in [0.717, 1.165) is 6.42 Å². The van der Waals surface area contributed by atoms with Gasteiger partial charge >= 0.3 is 5.97 Å². The SMILES string of the molecule is C=C(C)C(=O)OC=CCC(C)C. The first-order chi connectivity index (χ1) is 5.54. The highest BCUT2D eigenvalue weighted by atomic mass is 16.5. The molecule has 0 rings (SSSR count). The predicted octanol–water partition coefficient (Wildman–Crippen LogP) is 2.67.